The number of aromatic nitrogens is 1. The molecule has 1 heterocycles. The van der Waals surface area contributed by atoms with Crippen LogP contribution >= 0.6 is 0 Å². The van der Waals surface area contributed by atoms with Gasteiger partial charge in [-0.05, 0) is 45.4 Å². The topological polar surface area (TPSA) is 42.0 Å². The number of rotatable bonds is 3. The van der Waals surface area contributed by atoms with Gasteiger partial charge in [0.25, 0.3) is 0 Å². The molecule has 0 saturated carbocycles. The highest BCUT2D eigenvalue weighted by atomic mass is 16.1. The first-order valence-electron chi connectivity index (χ1n) is 5.38. The van der Waals surface area contributed by atoms with Gasteiger partial charge in [-0.25, -0.2) is 0 Å². The standard InChI is InChI=1S/C13H18N2O/c1-5-9(2)13(16)14-8-12-6-10(3)15-11(4)7-12/h5-7H,8H2,1-4H3,(H,14,16)/b9-5+. The zero-order valence-corrected chi connectivity index (χ0v) is 10.3. The predicted molar refractivity (Wildman–Crippen MR) is 65.0 cm³/mol. The molecule has 1 N–H and O–H groups in total. The Bertz CT molecular complexity index is 402. The van der Waals surface area contributed by atoms with Crippen LogP contribution in [0.3, 0.4) is 0 Å². The summed E-state index contributed by atoms with van der Waals surface area (Å²) in [5, 5.41) is 2.87. The van der Waals surface area contributed by atoms with Crippen LogP contribution in [0.4, 0.5) is 0 Å². The molecule has 0 radical (unpaired) electrons. The summed E-state index contributed by atoms with van der Waals surface area (Å²) in [5.74, 6) is -0.0189. The highest BCUT2D eigenvalue weighted by Crippen LogP contribution is 2.05. The minimum Gasteiger partial charge on any atom is -0.348 e. The Morgan fingerprint density at radius 1 is 1.38 bits per heavy atom. The van der Waals surface area contributed by atoms with E-state index < -0.39 is 0 Å². The molecule has 1 aromatic heterocycles. The van der Waals surface area contributed by atoms with Crippen LogP contribution in [0, 0.1) is 13.8 Å². The van der Waals surface area contributed by atoms with Crippen LogP contribution in [0.1, 0.15) is 30.8 Å². The van der Waals surface area contributed by atoms with Gasteiger partial charge in [-0.1, -0.05) is 6.08 Å². The van der Waals surface area contributed by atoms with Crippen molar-refractivity contribution in [2.75, 3.05) is 0 Å². The van der Waals surface area contributed by atoms with E-state index in [1.807, 2.05) is 32.9 Å². The molecule has 16 heavy (non-hydrogen) atoms. The third-order valence-corrected chi connectivity index (χ3v) is 2.39. The fraction of sp³-hybridized carbons (Fsp3) is 0.385. The van der Waals surface area contributed by atoms with Crippen LogP contribution in [0.25, 0.3) is 0 Å². The molecule has 0 unspecified atom stereocenters. The van der Waals surface area contributed by atoms with Gasteiger partial charge in [0.15, 0.2) is 0 Å². The van der Waals surface area contributed by atoms with Gasteiger partial charge >= 0.3 is 0 Å². The van der Waals surface area contributed by atoms with Crippen molar-refractivity contribution in [2.24, 2.45) is 0 Å². The van der Waals surface area contributed by atoms with Crippen LogP contribution < -0.4 is 5.32 Å². The number of allylic oxidation sites excluding steroid dienone is 1. The minimum absolute atomic E-state index is 0.0189. The number of nitrogens with one attached hydrogen (secondary N) is 1. The number of nitrogens with zero attached hydrogens (tertiary/aromatic N) is 1. The molecule has 0 bridgehead atoms. The van der Waals surface area contributed by atoms with E-state index in [0.717, 1.165) is 22.5 Å². The molecule has 0 atom stereocenters. The average molecular weight is 218 g/mol. The molecular weight excluding hydrogens is 200 g/mol. The Kier molecular flexibility index (Phi) is 4.23. The zero-order valence-electron chi connectivity index (χ0n) is 10.3. The number of carbonyl (C=O) groups excluding carboxylic acids is 1. The van der Waals surface area contributed by atoms with Crippen molar-refractivity contribution in [1.29, 1.82) is 0 Å². The van der Waals surface area contributed by atoms with E-state index >= 15 is 0 Å². The lowest BCUT2D eigenvalue weighted by molar-refractivity contribution is -0.117. The first kappa shape index (κ1) is 12.4. The lowest BCUT2D eigenvalue weighted by Crippen LogP contribution is -2.23. The second kappa shape index (κ2) is 5.45. The van der Waals surface area contributed by atoms with Crippen molar-refractivity contribution in [3.63, 3.8) is 0 Å². The van der Waals surface area contributed by atoms with Crippen molar-refractivity contribution in [2.45, 2.75) is 34.2 Å². The number of amides is 1. The van der Waals surface area contributed by atoms with Gasteiger partial charge in [0.2, 0.25) is 5.91 Å². The molecule has 0 aliphatic heterocycles. The van der Waals surface area contributed by atoms with Crippen LogP contribution in [-0.2, 0) is 11.3 Å². The maximum atomic E-state index is 11.5. The first-order chi connectivity index (χ1) is 7.52. The summed E-state index contributed by atoms with van der Waals surface area (Å²) < 4.78 is 0. The molecule has 0 aliphatic carbocycles. The lowest BCUT2D eigenvalue weighted by Gasteiger charge is -2.07. The summed E-state index contributed by atoms with van der Waals surface area (Å²) in [4.78, 5) is 15.8. The van der Waals surface area contributed by atoms with Gasteiger partial charge < -0.3 is 5.32 Å². The molecule has 3 nitrogen and oxygen atoms in total. The molecule has 86 valence electrons. The Morgan fingerprint density at radius 2 is 1.94 bits per heavy atom. The van der Waals surface area contributed by atoms with E-state index in [2.05, 4.69) is 10.3 Å². The van der Waals surface area contributed by atoms with Crippen LogP contribution in [0.2, 0.25) is 0 Å². The molecule has 1 aromatic rings. The summed E-state index contributed by atoms with van der Waals surface area (Å²) in [7, 11) is 0. The lowest BCUT2D eigenvalue weighted by atomic mass is 10.2. The Balaban J connectivity index is 2.65. The summed E-state index contributed by atoms with van der Waals surface area (Å²) >= 11 is 0. The van der Waals surface area contributed by atoms with E-state index in [1.54, 1.807) is 13.0 Å². The van der Waals surface area contributed by atoms with Gasteiger partial charge in [-0.3, -0.25) is 9.78 Å². The Morgan fingerprint density at radius 3 is 2.44 bits per heavy atom. The van der Waals surface area contributed by atoms with Crippen molar-refractivity contribution < 1.29 is 4.79 Å². The normalized spacial score (nSPS) is 11.4. The second-order valence-electron chi connectivity index (χ2n) is 3.91. The molecule has 0 aliphatic rings. The molecule has 0 aromatic carbocycles. The van der Waals surface area contributed by atoms with Crippen molar-refractivity contribution in [1.82, 2.24) is 10.3 Å². The molecular formula is C13H18N2O. The van der Waals surface area contributed by atoms with Crippen molar-refractivity contribution in [3.05, 3.63) is 40.7 Å². The van der Waals surface area contributed by atoms with E-state index in [9.17, 15) is 4.79 Å². The van der Waals surface area contributed by atoms with Gasteiger partial charge in [-0.2, -0.15) is 0 Å². The maximum absolute atomic E-state index is 11.5. The second-order valence-corrected chi connectivity index (χ2v) is 3.91. The molecule has 3 heteroatoms. The van der Waals surface area contributed by atoms with Crippen molar-refractivity contribution >= 4 is 5.91 Å². The third kappa shape index (κ3) is 3.50. The van der Waals surface area contributed by atoms with Crippen LogP contribution in [-0.4, -0.2) is 10.9 Å². The van der Waals surface area contributed by atoms with Gasteiger partial charge in [0, 0.05) is 23.5 Å². The largest absolute Gasteiger partial charge is 0.348 e. The highest BCUT2D eigenvalue weighted by Gasteiger charge is 2.03. The predicted octanol–water partition coefficient (Wildman–Crippen LogP) is 2.28. The summed E-state index contributed by atoms with van der Waals surface area (Å²) in [6.45, 7) is 8.12. The number of aryl methyl sites for hydroxylation is 2. The van der Waals surface area contributed by atoms with E-state index in [-0.39, 0.29) is 5.91 Å². The highest BCUT2D eigenvalue weighted by molar-refractivity contribution is 5.92. The average Bonchev–Trinajstić information content (AvgIpc) is 2.23. The van der Waals surface area contributed by atoms with Gasteiger partial charge in [0.05, 0.1) is 0 Å². The third-order valence-electron chi connectivity index (χ3n) is 2.39. The molecule has 1 amide bonds. The quantitative estimate of drug-likeness (QED) is 0.791. The smallest absolute Gasteiger partial charge is 0.246 e. The Hall–Kier alpha value is -1.64. The van der Waals surface area contributed by atoms with E-state index in [0.29, 0.717) is 6.54 Å². The monoisotopic (exact) mass is 218 g/mol. The van der Waals surface area contributed by atoms with E-state index in [4.69, 9.17) is 0 Å². The summed E-state index contributed by atoms with van der Waals surface area (Å²) in [6, 6.07) is 3.97. The minimum atomic E-state index is -0.0189. The van der Waals surface area contributed by atoms with Crippen LogP contribution in [0.15, 0.2) is 23.8 Å². The van der Waals surface area contributed by atoms with Gasteiger partial charge in [0.1, 0.15) is 0 Å². The van der Waals surface area contributed by atoms with Gasteiger partial charge in [-0.15, -0.1) is 0 Å². The molecule has 1 rings (SSSR count). The molecule has 0 fully saturated rings. The zero-order chi connectivity index (χ0) is 12.1. The van der Waals surface area contributed by atoms with Crippen molar-refractivity contribution in [3.8, 4) is 0 Å². The Labute approximate surface area is 96.6 Å². The molecule has 0 saturated heterocycles. The first-order valence-corrected chi connectivity index (χ1v) is 5.38. The SMILES string of the molecule is C/C=C(\C)C(=O)NCc1cc(C)nc(C)c1. The number of carbonyl (C=O) groups is 1. The van der Waals surface area contributed by atoms with E-state index in [1.165, 1.54) is 0 Å². The maximum Gasteiger partial charge on any atom is 0.246 e. The fourth-order valence-electron chi connectivity index (χ4n) is 1.48. The summed E-state index contributed by atoms with van der Waals surface area (Å²) in [6.07, 6.45) is 1.80. The number of hydrogen-bond acceptors (Lipinski definition) is 2. The number of hydrogen-bond donors (Lipinski definition) is 1. The number of pyridine rings is 1. The molecule has 0 spiro atoms. The van der Waals surface area contributed by atoms with Crippen LogP contribution in [0.5, 0.6) is 0 Å². The fourth-order valence-corrected chi connectivity index (χ4v) is 1.48. The summed E-state index contributed by atoms with van der Waals surface area (Å²) in [5.41, 5.74) is 3.78.